The van der Waals surface area contributed by atoms with Crippen molar-refractivity contribution in [2.24, 2.45) is 0 Å². The lowest BCUT2D eigenvalue weighted by atomic mass is 10.1. The highest BCUT2D eigenvalue weighted by atomic mass is 16.1. The van der Waals surface area contributed by atoms with E-state index in [9.17, 15) is 4.79 Å². The number of fused-ring (bicyclic) bond motifs is 3. The molecule has 0 aliphatic rings. The summed E-state index contributed by atoms with van der Waals surface area (Å²) in [4.78, 5) is 13.8. The first-order chi connectivity index (χ1) is 8.40. The molecule has 0 saturated carbocycles. The highest BCUT2D eigenvalue weighted by Gasteiger charge is 2.04. The molecule has 1 N–H and O–H groups in total. The number of hydrogen-bond donors (Lipinski definition) is 1. The van der Waals surface area contributed by atoms with E-state index in [0.717, 1.165) is 22.9 Å². The monoisotopic (exact) mass is 221 g/mol. The van der Waals surface area contributed by atoms with Gasteiger partial charge >= 0.3 is 0 Å². The van der Waals surface area contributed by atoms with Crippen LogP contribution >= 0.6 is 0 Å². The van der Waals surface area contributed by atoms with E-state index in [2.05, 4.69) is 23.2 Å². The number of benzene rings is 2. The lowest BCUT2D eigenvalue weighted by Gasteiger charge is -1.95. The standard InChI is InChI=1S/C15H11NO/c17-10-4-6-11-5-3-8-13-12-7-1-2-9-14(12)16-15(11)13/h1-10,16H. The Balaban J connectivity index is 2.39. The lowest BCUT2D eigenvalue weighted by Crippen LogP contribution is -1.75. The van der Waals surface area contributed by atoms with Crippen LogP contribution in [0.2, 0.25) is 0 Å². The van der Waals surface area contributed by atoms with Gasteiger partial charge in [-0.25, -0.2) is 0 Å². The first-order valence-electron chi connectivity index (χ1n) is 5.51. The number of aromatic amines is 1. The van der Waals surface area contributed by atoms with Crippen molar-refractivity contribution in [3.8, 4) is 0 Å². The highest BCUT2D eigenvalue weighted by molar-refractivity contribution is 6.09. The molecule has 2 heteroatoms. The van der Waals surface area contributed by atoms with Crippen molar-refractivity contribution in [2.45, 2.75) is 0 Å². The molecule has 0 unspecified atom stereocenters. The maximum absolute atomic E-state index is 10.4. The van der Waals surface area contributed by atoms with Crippen molar-refractivity contribution in [1.29, 1.82) is 0 Å². The predicted octanol–water partition coefficient (Wildman–Crippen LogP) is 3.53. The second-order valence-corrected chi connectivity index (χ2v) is 3.94. The maximum Gasteiger partial charge on any atom is 0.142 e. The number of H-pyrrole nitrogens is 1. The van der Waals surface area contributed by atoms with Crippen LogP contribution in [-0.4, -0.2) is 11.3 Å². The quantitative estimate of drug-likeness (QED) is 0.521. The van der Waals surface area contributed by atoms with Gasteiger partial charge in [0.05, 0.1) is 5.52 Å². The zero-order chi connectivity index (χ0) is 11.7. The van der Waals surface area contributed by atoms with Gasteiger partial charge in [-0.15, -0.1) is 0 Å². The predicted molar refractivity (Wildman–Crippen MR) is 70.9 cm³/mol. The van der Waals surface area contributed by atoms with Gasteiger partial charge < -0.3 is 4.98 Å². The summed E-state index contributed by atoms with van der Waals surface area (Å²) < 4.78 is 0. The molecule has 0 amide bonds. The molecular weight excluding hydrogens is 210 g/mol. The molecule has 0 saturated heterocycles. The molecule has 2 aromatic carbocycles. The lowest BCUT2D eigenvalue weighted by molar-refractivity contribution is -0.104. The Morgan fingerprint density at radius 3 is 2.65 bits per heavy atom. The molecule has 17 heavy (non-hydrogen) atoms. The highest BCUT2D eigenvalue weighted by Crippen LogP contribution is 2.27. The normalized spacial score (nSPS) is 11.5. The van der Waals surface area contributed by atoms with Gasteiger partial charge in [0.1, 0.15) is 6.29 Å². The third-order valence-electron chi connectivity index (χ3n) is 2.93. The number of carbonyl (C=O) groups is 1. The average Bonchev–Trinajstić information content (AvgIpc) is 2.75. The van der Waals surface area contributed by atoms with Crippen LogP contribution in [0.4, 0.5) is 0 Å². The molecule has 0 radical (unpaired) electrons. The first kappa shape index (κ1) is 9.85. The molecule has 1 aromatic heterocycles. The summed E-state index contributed by atoms with van der Waals surface area (Å²) in [6.45, 7) is 0. The SMILES string of the molecule is O=CC=Cc1cccc2c1[nH]c1ccccc12. The van der Waals surface area contributed by atoms with Crippen LogP contribution in [0.5, 0.6) is 0 Å². The summed E-state index contributed by atoms with van der Waals surface area (Å²) in [7, 11) is 0. The summed E-state index contributed by atoms with van der Waals surface area (Å²) in [6.07, 6.45) is 4.13. The molecule has 3 rings (SSSR count). The zero-order valence-corrected chi connectivity index (χ0v) is 9.18. The summed E-state index contributed by atoms with van der Waals surface area (Å²) in [6, 6.07) is 14.3. The van der Waals surface area contributed by atoms with E-state index in [1.54, 1.807) is 0 Å². The van der Waals surface area contributed by atoms with Crippen LogP contribution in [0.3, 0.4) is 0 Å². The molecule has 0 fully saturated rings. The van der Waals surface area contributed by atoms with Gasteiger partial charge in [-0.3, -0.25) is 4.79 Å². The molecule has 0 atom stereocenters. The van der Waals surface area contributed by atoms with Gasteiger partial charge in [0.15, 0.2) is 0 Å². The van der Waals surface area contributed by atoms with Crippen LogP contribution in [-0.2, 0) is 4.79 Å². The minimum atomic E-state index is 0.793. The summed E-state index contributed by atoms with van der Waals surface area (Å²) in [5.41, 5.74) is 3.23. The molecule has 0 spiro atoms. The number of hydrogen-bond acceptors (Lipinski definition) is 1. The van der Waals surface area contributed by atoms with E-state index < -0.39 is 0 Å². The number of allylic oxidation sites excluding steroid dienone is 1. The molecule has 0 aliphatic heterocycles. The van der Waals surface area contributed by atoms with Gasteiger partial charge in [0, 0.05) is 16.3 Å². The topological polar surface area (TPSA) is 32.9 Å². The number of aldehydes is 1. The fourth-order valence-corrected chi connectivity index (χ4v) is 2.18. The van der Waals surface area contributed by atoms with Crippen LogP contribution in [0.1, 0.15) is 5.56 Å². The number of rotatable bonds is 2. The van der Waals surface area contributed by atoms with Gasteiger partial charge in [0.25, 0.3) is 0 Å². The van der Waals surface area contributed by atoms with Crippen LogP contribution in [0.15, 0.2) is 48.5 Å². The average molecular weight is 221 g/mol. The molecule has 1 heterocycles. The minimum absolute atomic E-state index is 0.793. The van der Waals surface area contributed by atoms with Crippen molar-refractivity contribution in [3.05, 3.63) is 54.1 Å². The van der Waals surface area contributed by atoms with Gasteiger partial charge in [-0.05, 0) is 23.8 Å². The van der Waals surface area contributed by atoms with Crippen LogP contribution in [0.25, 0.3) is 27.9 Å². The summed E-state index contributed by atoms with van der Waals surface area (Å²) in [5.74, 6) is 0. The first-order valence-corrected chi connectivity index (χ1v) is 5.51. The molecule has 0 aliphatic carbocycles. The Kier molecular flexibility index (Phi) is 2.26. The largest absolute Gasteiger partial charge is 0.354 e. The summed E-state index contributed by atoms with van der Waals surface area (Å²) >= 11 is 0. The number of para-hydroxylation sites is 2. The van der Waals surface area contributed by atoms with Crippen LogP contribution in [0, 0.1) is 0 Å². The fourth-order valence-electron chi connectivity index (χ4n) is 2.18. The van der Waals surface area contributed by atoms with E-state index >= 15 is 0 Å². The maximum atomic E-state index is 10.4. The second-order valence-electron chi connectivity index (χ2n) is 3.94. The Morgan fingerprint density at radius 2 is 1.76 bits per heavy atom. The third kappa shape index (κ3) is 1.54. The molecule has 82 valence electrons. The molecule has 0 bridgehead atoms. The Hall–Kier alpha value is -2.35. The van der Waals surface area contributed by atoms with Gasteiger partial charge in [0.2, 0.25) is 0 Å². The van der Waals surface area contributed by atoms with Crippen molar-refractivity contribution in [1.82, 2.24) is 4.98 Å². The zero-order valence-electron chi connectivity index (χ0n) is 9.18. The Bertz CT molecular complexity index is 722. The van der Waals surface area contributed by atoms with Gasteiger partial charge in [-0.2, -0.15) is 0 Å². The van der Waals surface area contributed by atoms with E-state index in [0.29, 0.717) is 0 Å². The third-order valence-corrected chi connectivity index (χ3v) is 2.93. The number of aromatic nitrogens is 1. The number of nitrogens with one attached hydrogen (secondary N) is 1. The summed E-state index contributed by atoms with van der Waals surface area (Å²) in [5, 5.41) is 2.40. The van der Waals surface area contributed by atoms with E-state index in [-0.39, 0.29) is 0 Å². The van der Waals surface area contributed by atoms with E-state index in [1.807, 2.05) is 30.3 Å². The van der Waals surface area contributed by atoms with E-state index in [4.69, 9.17) is 0 Å². The Morgan fingerprint density at radius 1 is 0.941 bits per heavy atom. The molecule has 3 aromatic rings. The molecule has 2 nitrogen and oxygen atoms in total. The fraction of sp³-hybridized carbons (Fsp3) is 0. The van der Waals surface area contributed by atoms with Crippen LogP contribution < -0.4 is 0 Å². The number of carbonyl (C=O) groups excluding carboxylic acids is 1. The van der Waals surface area contributed by atoms with Crippen molar-refractivity contribution >= 4 is 34.2 Å². The molecular formula is C15H11NO. The second kappa shape index (κ2) is 3.91. The van der Waals surface area contributed by atoms with E-state index in [1.165, 1.54) is 16.8 Å². The van der Waals surface area contributed by atoms with Crippen molar-refractivity contribution in [2.75, 3.05) is 0 Å². The van der Waals surface area contributed by atoms with Crippen molar-refractivity contribution in [3.63, 3.8) is 0 Å². The van der Waals surface area contributed by atoms with Crippen molar-refractivity contribution < 1.29 is 4.79 Å². The smallest absolute Gasteiger partial charge is 0.142 e. The minimum Gasteiger partial charge on any atom is -0.354 e. The Labute approximate surface area is 98.6 Å². The van der Waals surface area contributed by atoms with Gasteiger partial charge in [-0.1, -0.05) is 36.4 Å².